The van der Waals surface area contributed by atoms with E-state index in [9.17, 15) is 9.59 Å². The molecule has 10 heteroatoms. The fourth-order valence-electron chi connectivity index (χ4n) is 4.41. The van der Waals surface area contributed by atoms with Crippen LogP contribution in [-0.2, 0) is 19.5 Å². The second kappa shape index (κ2) is 12.7. The van der Waals surface area contributed by atoms with Crippen LogP contribution in [0.5, 0.6) is 17.4 Å². The van der Waals surface area contributed by atoms with Crippen molar-refractivity contribution in [2.24, 2.45) is 0 Å². The lowest BCUT2D eigenvalue weighted by Gasteiger charge is -2.22. The third-order valence-corrected chi connectivity index (χ3v) is 6.66. The zero-order valence-corrected chi connectivity index (χ0v) is 22.7. The highest BCUT2D eigenvalue weighted by molar-refractivity contribution is 6.31. The molecule has 0 fully saturated rings. The molecule has 3 aromatic rings. The molecule has 0 radical (unpaired) electrons. The second-order valence-corrected chi connectivity index (χ2v) is 9.44. The van der Waals surface area contributed by atoms with E-state index in [0.29, 0.717) is 41.0 Å². The van der Waals surface area contributed by atoms with Gasteiger partial charge in [0.2, 0.25) is 5.88 Å². The van der Waals surface area contributed by atoms with Crippen molar-refractivity contribution in [2.75, 3.05) is 25.7 Å². The number of rotatable bonds is 10. The first-order valence-corrected chi connectivity index (χ1v) is 13.2. The number of aryl methyl sites for hydroxylation is 1. The summed E-state index contributed by atoms with van der Waals surface area (Å²) in [4.78, 5) is 33.0. The Bertz CT molecular complexity index is 1290. The first-order chi connectivity index (χ1) is 18.4. The highest BCUT2D eigenvalue weighted by Crippen LogP contribution is 2.34. The minimum atomic E-state index is -0.650. The highest BCUT2D eigenvalue weighted by atomic mass is 35.5. The van der Waals surface area contributed by atoms with Crippen molar-refractivity contribution >= 4 is 29.4 Å². The summed E-state index contributed by atoms with van der Waals surface area (Å²) in [5.74, 6) is 2.41. The normalized spacial score (nSPS) is 12.4. The Labute approximate surface area is 227 Å². The lowest BCUT2D eigenvalue weighted by Crippen LogP contribution is -2.34. The Morgan fingerprint density at radius 2 is 1.97 bits per heavy atom. The van der Waals surface area contributed by atoms with Crippen LogP contribution >= 0.6 is 11.6 Å². The summed E-state index contributed by atoms with van der Waals surface area (Å²) >= 11 is 6.17. The van der Waals surface area contributed by atoms with Crippen LogP contribution in [0.25, 0.3) is 0 Å². The SMILES string of the molecule is CCCCN(C(=O)c1cccc(Cl)c1)c1nc2n(c1OC(=O)NCc1ccc(OC)cc1OC)CCCC2. The number of benzene rings is 2. The van der Waals surface area contributed by atoms with Crippen molar-refractivity contribution < 1.29 is 23.8 Å². The third kappa shape index (κ3) is 6.22. The molecular weight excluding hydrogens is 508 g/mol. The minimum Gasteiger partial charge on any atom is -0.497 e. The van der Waals surface area contributed by atoms with E-state index in [1.807, 2.05) is 10.6 Å². The molecule has 0 aliphatic carbocycles. The number of nitrogens with zero attached hydrogens (tertiary/aromatic N) is 3. The molecule has 2 heterocycles. The number of unbranched alkanes of at least 4 members (excludes halogenated alkanes) is 1. The van der Waals surface area contributed by atoms with Crippen LogP contribution in [0, 0.1) is 0 Å². The molecule has 0 spiro atoms. The van der Waals surface area contributed by atoms with Gasteiger partial charge in [-0.2, -0.15) is 0 Å². The number of carbonyl (C=O) groups excluding carboxylic acids is 2. The summed E-state index contributed by atoms with van der Waals surface area (Å²) in [5, 5.41) is 3.26. The Kier molecular flexibility index (Phi) is 9.12. The van der Waals surface area contributed by atoms with Gasteiger partial charge in [0.25, 0.3) is 5.91 Å². The predicted molar refractivity (Wildman–Crippen MR) is 146 cm³/mol. The average molecular weight is 541 g/mol. The van der Waals surface area contributed by atoms with E-state index in [2.05, 4.69) is 12.2 Å². The summed E-state index contributed by atoms with van der Waals surface area (Å²) < 4.78 is 18.4. The van der Waals surface area contributed by atoms with Crippen LogP contribution in [0.4, 0.5) is 10.6 Å². The van der Waals surface area contributed by atoms with Gasteiger partial charge in [-0.25, -0.2) is 9.78 Å². The van der Waals surface area contributed by atoms with Crippen molar-refractivity contribution in [3.05, 3.63) is 64.4 Å². The zero-order valence-electron chi connectivity index (χ0n) is 22.0. The van der Waals surface area contributed by atoms with Gasteiger partial charge in [0, 0.05) is 48.3 Å². The number of aromatic nitrogens is 2. The molecule has 38 heavy (non-hydrogen) atoms. The van der Waals surface area contributed by atoms with Crippen molar-refractivity contribution in [3.63, 3.8) is 0 Å². The molecule has 2 aromatic carbocycles. The van der Waals surface area contributed by atoms with Gasteiger partial charge in [-0.15, -0.1) is 0 Å². The second-order valence-electron chi connectivity index (χ2n) is 9.01. The summed E-state index contributed by atoms with van der Waals surface area (Å²) in [6.45, 7) is 3.32. The fraction of sp³-hybridized carbons (Fsp3) is 0.393. The van der Waals surface area contributed by atoms with E-state index < -0.39 is 6.09 Å². The molecule has 0 saturated heterocycles. The van der Waals surface area contributed by atoms with E-state index >= 15 is 0 Å². The number of methoxy groups -OCH3 is 2. The largest absolute Gasteiger partial charge is 0.497 e. The molecule has 1 aliphatic rings. The number of nitrogens with one attached hydrogen (secondary N) is 1. The van der Waals surface area contributed by atoms with Gasteiger partial charge in [-0.3, -0.25) is 14.3 Å². The first kappa shape index (κ1) is 27.3. The van der Waals surface area contributed by atoms with Gasteiger partial charge < -0.3 is 19.5 Å². The maximum Gasteiger partial charge on any atom is 0.414 e. The Morgan fingerprint density at radius 3 is 2.71 bits per heavy atom. The minimum absolute atomic E-state index is 0.184. The smallest absolute Gasteiger partial charge is 0.414 e. The van der Waals surface area contributed by atoms with E-state index in [4.69, 9.17) is 30.8 Å². The van der Waals surface area contributed by atoms with Gasteiger partial charge in [0.15, 0.2) is 5.82 Å². The van der Waals surface area contributed by atoms with Crippen molar-refractivity contribution in [1.82, 2.24) is 14.9 Å². The van der Waals surface area contributed by atoms with Crippen LogP contribution in [0.1, 0.15) is 54.4 Å². The van der Waals surface area contributed by atoms with E-state index in [1.165, 1.54) is 0 Å². The maximum absolute atomic E-state index is 13.6. The first-order valence-electron chi connectivity index (χ1n) is 12.8. The van der Waals surface area contributed by atoms with Gasteiger partial charge in [-0.05, 0) is 49.6 Å². The molecule has 0 saturated carbocycles. The lowest BCUT2D eigenvalue weighted by molar-refractivity contribution is 0.0984. The van der Waals surface area contributed by atoms with Crippen molar-refractivity contribution in [2.45, 2.75) is 52.1 Å². The monoisotopic (exact) mass is 540 g/mol. The number of carbonyl (C=O) groups is 2. The predicted octanol–water partition coefficient (Wildman–Crippen LogP) is 5.63. The van der Waals surface area contributed by atoms with E-state index in [-0.39, 0.29) is 18.3 Å². The van der Waals surface area contributed by atoms with E-state index in [0.717, 1.165) is 43.5 Å². The summed E-state index contributed by atoms with van der Waals surface area (Å²) in [6.07, 6.45) is 3.65. The van der Waals surface area contributed by atoms with Crippen LogP contribution in [0.2, 0.25) is 5.02 Å². The maximum atomic E-state index is 13.6. The Morgan fingerprint density at radius 1 is 1.13 bits per heavy atom. The zero-order chi connectivity index (χ0) is 27.1. The lowest BCUT2D eigenvalue weighted by atomic mass is 10.2. The van der Waals surface area contributed by atoms with Crippen LogP contribution in [-0.4, -0.2) is 42.3 Å². The number of ether oxygens (including phenoxy) is 3. The average Bonchev–Trinajstić information content (AvgIpc) is 3.29. The quantitative estimate of drug-likeness (QED) is 0.358. The van der Waals surface area contributed by atoms with Gasteiger partial charge >= 0.3 is 6.09 Å². The summed E-state index contributed by atoms with van der Waals surface area (Å²) in [6, 6.07) is 12.2. The summed E-state index contributed by atoms with van der Waals surface area (Å²) in [5.41, 5.74) is 1.21. The van der Waals surface area contributed by atoms with Crippen LogP contribution in [0.3, 0.4) is 0 Å². The Balaban J connectivity index is 1.61. The number of amides is 2. The number of anilines is 1. The molecule has 1 aromatic heterocycles. The Hall–Kier alpha value is -3.72. The number of fused-ring (bicyclic) bond motifs is 1. The van der Waals surface area contributed by atoms with Crippen molar-refractivity contribution in [3.8, 4) is 17.4 Å². The molecule has 4 rings (SSSR count). The van der Waals surface area contributed by atoms with Crippen molar-refractivity contribution in [1.29, 1.82) is 0 Å². The van der Waals surface area contributed by atoms with Crippen LogP contribution in [0.15, 0.2) is 42.5 Å². The number of hydrogen-bond acceptors (Lipinski definition) is 6. The van der Waals surface area contributed by atoms with Gasteiger partial charge in [0.05, 0.1) is 14.2 Å². The van der Waals surface area contributed by atoms with E-state index in [1.54, 1.807) is 55.5 Å². The molecule has 202 valence electrons. The van der Waals surface area contributed by atoms with Gasteiger partial charge in [-0.1, -0.05) is 31.0 Å². The summed E-state index contributed by atoms with van der Waals surface area (Å²) in [7, 11) is 3.14. The molecule has 1 N–H and O–H groups in total. The third-order valence-electron chi connectivity index (χ3n) is 6.43. The molecule has 0 atom stereocenters. The highest BCUT2D eigenvalue weighted by Gasteiger charge is 2.30. The number of halogens is 1. The standard InChI is InChI=1S/C28H33ClN4O5/c1-4-5-14-33(26(34)19-9-8-10-21(29)16-19)25-27(32-15-7-6-11-24(32)31-25)38-28(35)30-18-20-12-13-22(36-2)17-23(20)37-3/h8-10,12-13,16-17H,4-7,11,14-15,18H2,1-3H3,(H,30,35). The molecule has 9 nitrogen and oxygen atoms in total. The molecule has 2 amide bonds. The molecule has 0 bridgehead atoms. The van der Waals surface area contributed by atoms with Crippen LogP contribution < -0.4 is 24.4 Å². The molecular formula is C28H33ClN4O5. The molecule has 0 unspecified atom stereocenters. The number of hydrogen-bond donors (Lipinski definition) is 1. The van der Waals surface area contributed by atoms with Gasteiger partial charge in [0.1, 0.15) is 17.3 Å². The molecule has 1 aliphatic heterocycles. The fourth-order valence-corrected chi connectivity index (χ4v) is 4.60. The topological polar surface area (TPSA) is 94.9 Å². The number of imidazole rings is 1.